The van der Waals surface area contributed by atoms with Gasteiger partial charge in [-0.1, -0.05) is 35.9 Å². The van der Waals surface area contributed by atoms with Gasteiger partial charge in [-0.3, -0.25) is 9.59 Å². The molecule has 1 aliphatic rings. The van der Waals surface area contributed by atoms with Crippen molar-refractivity contribution in [2.45, 2.75) is 49.1 Å². The summed E-state index contributed by atoms with van der Waals surface area (Å²) < 4.78 is 39.0. The van der Waals surface area contributed by atoms with Crippen LogP contribution in [0.2, 0.25) is 0 Å². The predicted molar refractivity (Wildman–Crippen MR) is 144 cm³/mol. The highest BCUT2D eigenvalue weighted by Gasteiger charge is 2.59. The quantitative estimate of drug-likeness (QED) is 0.334. The van der Waals surface area contributed by atoms with Gasteiger partial charge in [0.25, 0.3) is 0 Å². The van der Waals surface area contributed by atoms with Crippen molar-refractivity contribution < 1.29 is 27.9 Å². The molecule has 0 bridgehead atoms. The second-order valence-corrected chi connectivity index (χ2v) is 10.7. The van der Waals surface area contributed by atoms with Gasteiger partial charge >= 0.3 is 12.1 Å². The zero-order valence-electron chi connectivity index (χ0n) is 21.3. The zero-order chi connectivity index (χ0) is 27.7. The molecule has 1 N–H and O–H groups in total. The van der Waals surface area contributed by atoms with Crippen LogP contribution in [-0.4, -0.2) is 34.8 Å². The van der Waals surface area contributed by atoms with Crippen molar-refractivity contribution in [1.82, 2.24) is 0 Å². The molecule has 1 heterocycles. The van der Waals surface area contributed by atoms with Gasteiger partial charge in [-0.25, -0.2) is 0 Å². The molecule has 5 nitrogen and oxygen atoms in total. The molecule has 4 rings (SSSR count). The molecule has 0 unspecified atom stereocenters. The number of nitrogens with zero attached hydrogens (tertiary/aromatic N) is 2. The molecule has 2 atom stereocenters. The lowest BCUT2D eigenvalue weighted by Crippen LogP contribution is -2.42. The van der Waals surface area contributed by atoms with Crippen molar-refractivity contribution >= 4 is 35.0 Å². The van der Waals surface area contributed by atoms with Gasteiger partial charge in [-0.2, -0.15) is 13.2 Å². The Morgan fingerprint density at radius 2 is 1.68 bits per heavy atom. The Labute approximate surface area is 224 Å². The van der Waals surface area contributed by atoms with Crippen molar-refractivity contribution in [3.05, 3.63) is 89.5 Å². The molecule has 9 heteroatoms. The number of thioether (sulfide) groups is 1. The van der Waals surface area contributed by atoms with Crippen LogP contribution >= 0.6 is 11.8 Å². The molecule has 1 fully saturated rings. The molecular weight excluding hydrogens is 513 g/mol. The molecule has 200 valence electrons. The number of carboxylic acid groups (broad SMARTS) is 1. The van der Waals surface area contributed by atoms with Gasteiger partial charge in [0.15, 0.2) is 4.75 Å². The van der Waals surface area contributed by atoms with Crippen molar-refractivity contribution in [3.63, 3.8) is 0 Å². The van der Waals surface area contributed by atoms with Gasteiger partial charge < -0.3 is 14.9 Å². The van der Waals surface area contributed by atoms with E-state index in [1.54, 1.807) is 24.3 Å². The van der Waals surface area contributed by atoms with Crippen LogP contribution in [0.3, 0.4) is 0 Å². The van der Waals surface area contributed by atoms with E-state index in [2.05, 4.69) is 4.90 Å². The van der Waals surface area contributed by atoms with E-state index in [4.69, 9.17) is 0 Å². The van der Waals surface area contributed by atoms with Crippen LogP contribution in [0.4, 0.5) is 24.5 Å². The molecular formula is C29H29F3N2O3S. The molecule has 3 aromatic carbocycles. The SMILES string of the molecule is CCN(CC)c1ccc([C@H]2N(c3cccc(C(F)(F)F)c3)C(=O)C[C@]2(Sc2ccc(C)cc2)C(=O)O)cc1. The molecule has 3 aromatic rings. The average Bonchev–Trinajstić information content (AvgIpc) is 3.19. The van der Waals surface area contributed by atoms with E-state index in [1.165, 1.54) is 17.0 Å². The number of benzene rings is 3. The molecule has 0 spiro atoms. The van der Waals surface area contributed by atoms with Gasteiger partial charge in [0, 0.05) is 29.4 Å². The lowest BCUT2D eigenvalue weighted by molar-refractivity contribution is -0.140. The molecule has 38 heavy (non-hydrogen) atoms. The smallest absolute Gasteiger partial charge is 0.416 e. The van der Waals surface area contributed by atoms with Gasteiger partial charge in [-0.05, 0) is 68.8 Å². The standard InChI is InChI=1S/C29H29F3N2O3S/c1-4-33(5-2)22-13-11-20(12-14-22)26-28(27(36)37,38-24-15-9-19(3)10-16-24)18-25(35)34(26)23-8-6-7-21(17-23)29(30,31)32/h6-17,26H,4-5,18H2,1-3H3,(H,36,37)/t26-,28-/m1/s1. The monoisotopic (exact) mass is 542 g/mol. The van der Waals surface area contributed by atoms with E-state index in [0.717, 1.165) is 48.2 Å². The molecule has 0 aliphatic carbocycles. The number of carbonyl (C=O) groups is 2. The third-order valence-electron chi connectivity index (χ3n) is 6.85. The van der Waals surface area contributed by atoms with E-state index in [1.807, 2.05) is 45.0 Å². The first-order chi connectivity index (χ1) is 18.0. The summed E-state index contributed by atoms with van der Waals surface area (Å²) in [7, 11) is 0. The molecule has 0 radical (unpaired) electrons. The van der Waals surface area contributed by atoms with Crippen molar-refractivity contribution in [2.75, 3.05) is 22.9 Å². The van der Waals surface area contributed by atoms with E-state index < -0.39 is 34.4 Å². The maximum Gasteiger partial charge on any atom is 0.416 e. The number of hydrogen-bond acceptors (Lipinski definition) is 4. The average molecular weight is 543 g/mol. The molecule has 0 saturated carbocycles. The summed E-state index contributed by atoms with van der Waals surface area (Å²) in [6.45, 7) is 7.51. The highest BCUT2D eigenvalue weighted by Crippen LogP contribution is 2.54. The molecule has 1 aliphatic heterocycles. The predicted octanol–water partition coefficient (Wildman–Crippen LogP) is 6.95. The topological polar surface area (TPSA) is 60.9 Å². The highest BCUT2D eigenvalue weighted by atomic mass is 32.2. The summed E-state index contributed by atoms with van der Waals surface area (Å²) in [5.41, 5.74) is 1.56. The molecule has 1 saturated heterocycles. The Morgan fingerprint density at radius 3 is 2.24 bits per heavy atom. The first-order valence-corrected chi connectivity index (χ1v) is 13.1. The fourth-order valence-electron chi connectivity index (χ4n) is 4.90. The maximum atomic E-state index is 13.6. The Balaban J connectivity index is 1.88. The first-order valence-electron chi connectivity index (χ1n) is 12.3. The number of aryl methyl sites for hydroxylation is 1. The maximum absolute atomic E-state index is 13.6. The molecule has 0 aromatic heterocycles. The van der Waals surface area contributed by atoms with Crippen molar-refractivity contribution in [2.24, 2.45) is 0 Å². The highest BCUT2D eigenvalue weighted by molar-refractivity contribution is 8.01. The fraction of sp³-hybridized carbons (Fsp3) is 0.310. The number of alkyl halides is 3. The number of amides is 1. The summed E-state index contributed by atoms with van der Waals surface area (Å²) in [5, 5.41) is 10.6. The lowest BCUT2D eigenvalue weighted by atomic mass is 9.92. The lowest BCUT2D eigenvalue weighted by Gasteiger charge is -2.35. The zero-order valence-corrected chi connectivity index (χ0v) is 22.1. The Hall–Kier alpha value is -3.46. The largest absolute Gasteiger partial charge is 0.480 e. The van der Waals surface area contributed by atoms with Gasteiger partial charge in [0.05, 0.1) is 18.0 Å². The van der Waals surface area contributed by atoms with Crippen LogP contribution in [0.15, 0.2) is 77.7 Å². The summed E-state index contributed by atoms with van der Waals surface area (Å²) >= 11 is 1.06. The fourth-order valence-corrected chi connectivity index (χ4v) is 6.23. The number of hydrogen-bond donors (Lipinski definition) is 1. The number of carboxylic acids is 1. The minimum absolute atomic E-state index is 0.00951. The third kappa shape index (κ3) is 5.25. The van der Waals surface area contributed by atoms with Crippen LogP contribution < -0.4 is 9.80 Å². The Bertz CT molecular complexity index is 1310. The van der Waals surface area contributed by atoms with Crippen molar-refractivity contribution in [1.29, 1.82) is 0 Å². The minimum Gasteiger partial charge on any atom is -0.480 e. The van der Waals surface area contributed by atoms with Crippen LogP contribution in [0.1, 0.15) is 43.0 Å². The van der Waals surface area contributed by atoms with Crippen LogP contribution in [0.5, 0.6) is 0 Å². The number of aliphatic carboxylic acids is 1. The Kier molecular flexibility index (Phi) is 7.78. The Morgan fingerprint density at radius 1 is 1.05 bits per heavy atom. The van der Waals surface area contributed by atoms with Gasteiger partial charge in [0.1, 0.15) is 0 Å². The van der Waals surface area contributed by atoms with Crippen LogP contribution in [0, 0.1) is 6.92 Å². The van der Waals surface area contributed by atoms with Crippen molar-refractivity contribution in [3.8, 4) is 0 Å². The summed E-state index contributed by atoms with van der Waals surface area (Å²) in [5.74, 6) is -1.76. The second kappa shape index (κ2) is 10.7. The van der Waals surface area contributed by atoms with E-state index in [-0.39, 0.29) is 12.1 Å². The van der Waals surface area contributed by atoms with Gasteiger partial charge in [-0.15, -0.1) is 11.8 Å². The van der Waals surface area contributed by atoms with Crippen LogP contribution in [-0.2, 0) is 15.8 Å². The van der Waals surface area contributed by atoms with E-state index in [0.29, 0.717) is 10.5 Å². The first kappa shape index (κ1) is 27.6. The van der Waals surface area contributed by atoms with E-state index >= 15 is 0 Å². The minimum atomic E-state index is -4.61. The number of anilines is 2. The summed E-state index contributed by atoms with van der Waals surface area (Å²) in [4.78, 5) is 30.5. The molecule has 1 amide bonds. The third-order valence-corrected chi connectivity index (χ3v) is 8.27. The normalized spacial score (nSPS) is 19.6. The van der Waals surface area contributed by atoms with Gasteiger partial charge in [0.2, 0.25) is 5.91 Å². The number of carbonyl (C=O) groups excluding carboxylic acids is 1. The van der Waals surface area contributed by atoms with E-state index in [9.17, 15) is 27.9 Å². The number of rotatable bonds is 8. The second-order valence-electron chi connectivity index (χ2n) is 9.26. The summed E-state index contributed by atoms with van der Waals surface area (Å²) in [6.07, 6.45) is -4.99. The summed E-state index contributed by atoms with van der Waals surface area (Å²) in [6, 6.07) is 18.0. The van der Waals surface area contributed by atoms with Crippen LogP contribution in [0.25, 0.3) is 0 Å². The number of halogens is 3.